The van der Waals surface area contributed by atoms with Gasteiger partial charge in [-0.1, -0.05) is 42.8 Å². The summed E-state index contributed by atoms with van der Waals surface area (Å²) >= 11 is 6.04. The fourth-order valence-corrected chi connectivity index (χ4v) is 4.19. The van der Waals surface area contributed by atoms with Gasteiger partial charge < -0.3 is 19.5 Å². The number of benzene rings is 2. The lowest BCUT2D eigenvalue weighted by Gasteiger charge is -2.26. The molecule has 1 N–H and O–H groups in total. The largest absolute Gasteiger partial charge is 0.513 e. The van der Waals surface area contributed by atoms with E-state index < -0.39 is 11.7 Å². The van der Waals surface area contributed by atoms with Gasteiger partial charge in [-0.3, -0.25) is 4.79 Å². The molecule has 0 aliphatic carbocycles. The Morgan fingerprint density at radius 2 is 1.81 bits per heavy atom. The Balaban J connectivity index is 2.20. The number of halogens is 1. The maximum Gasteiger partial charge on any atom is 0.513 e. The Labute approximate surface area is 193 Å². The number of carbonyl (C=O) groups is 2. The van der Waals surface area contributed by atoms with Crippen molar-refractivity contribution in [1.29, 1.82) is 0 Å². The Morgan fingerprint density at radius 3 is 2.41 bits per heavy atom. The van der Waals surface area contributed by atoms with Crippen molar-refractivity contribution >= 4 is 29.2 Å². The van der Waals surface area contributed by atoms with Gasteiger partial charge in [0, 0.05) is 12.1 Å². The fourth-order valence-electron chi connectivity index (χ4n) is 4.07. The van der Waals surface area contributed by atoms with Crippen LogP contribution >= 0.6 is 11.6 Å². The van der Waals surface area contributed by atoms with E-state index in [0.717, 1.165) is 27.8 Å². The van der Waals surface area contributed by atoms with Crippen LogP contribution in [0.2, 0.25) is 5.02 Å². The molecule has 0 saturated carbocycles. The third-order valence-electron chi connectivity index (χ3n) is 5.45. The van der Waals surface area contributed by atoms with Crippen LogP contribution in [-0.4, -0.2) is 37.9 Å². The summed E-state index contributed by atoms with van der Waals surface area (Å²) in [7, 11) is 1.53. The highest BCUT2D eigenvalue weighted by atomic mass is 35.5. The van der Waals surface area contributed by atoms with Crippen LogP contribution in [0.3, 0.4) is 0 Å². The molecule has 3 rings (SSSR count). The molecule has 2 aromatic carbocycles. The lowest BCUT2D eigenvalue weighted by atomic mass is 9.88. The Morgan fingerprint density at radius 1 is 1.12 bits per heavy atom. The second-order valence-electron chi connectivity index (χ2n) is 7.90. The number of hydrogen-bond acceptors (Lipinski definition) is 5. The molecular weight excluding hydrogens is 430 g/mol. The number of ether oxygens (including phenoxy) is 3. The number of methoxy groups -OCH3 is 1. The van der Waals surface area contributed by atoms with Crippen molar-refractivity contribution in [3.8, 4) is 11.1 Å². The van der Waals surface area contributed by atoms with Crippen LogP contribution in [0.25, 0.3) is 16.7 Å². The highest BCUT2D eigenvalue weighted by Gasteiger charge is 2.46. The quantitative estimate of drug-likeness (QED) is 0.571. The molecule has 1 aliphatic heterocycles. The maximum atomic E-state index is 13.2. The summed E-state index contributed by atoms with van der Waals surface area (Å²) in [4.78, 5) is 25.4. The molecule has 1 aliphatic rings. The van der Waals surface area contributed by atoms with E-state index in [9.17, 15) is 9.59 Å². The molecule has 7 heteroatoms. The zero-order chi connectivity index (χ0) is 23.5. The number of nitrogens with one attached hydrogen (secondary N) is 1. The third kappa shape index (κ3) is 4.66. The molecule has 32 heavy (non-hydrogen) atoms. The normalized spacial score (nSPS) is 18.0. The van der Waals surface area contributed by atoms with Crippen molar-refractivity contribution in [2.45, 2.75) is 39.7 Å². The van der Waals surface area contributed by atoms with Gasteiger partial charge in [0.25, 0.3) is 5.91 Å². The lowest BCUT2D eigenvalue weighted by molar-refractivity contribution is -0.116. The summed E-state index contributed by atoms with van der Waals surface area (Å²) in [5, 5.41) is 3.59. The SMILES string of the molecule is CCOC(=O)OC1=C(c2c(C)cc(-c3ccc(Cl)cc3)cc2CC)C(=O)NC1(C)COC. The standard InChI is InChI=1S/C25H28ClNO5/c1-6-16-13-18(17-8-10-19(26)11-9-17)12-15(3)20(16)21-22(32-24(29)31-7-2)25(4,14-30-5)27-23(21)28/h8-13H,6-7,14H2,1-5H3,(H,27,28). The van der Waals surface area contributed by atoms with Gasteiger partial charge in [-0.25, -0.2) is 4.79 Å². The van der Waals surface area contributed by atoms with E-state index >= 15 is 0 Å². The molecule has 1 amide bonds. The first-order chi connectivity index (χ1) is 15.2. The van der Waals surface area contributed by atoms with Crippen molar-refractivity contribution in [1.82, 2.24) is 5.32 Å². The van der Waals surface area contributed by atoms with Crippen LogP contribution in [0.5, 0.6) is 0 Å². The molecule has 170 valence electrons. The van der Waals surface area contributed by atoms with E-state index in [1.807, 2.05) is 44.2 Å². The van der Waals surface area contributed by atoms with E-state index in [-0.39, 0.29) is 24.9 Å². The van der Waals surface area contributed by atoms with E-state index in [2.05, 4.69) is 11.4 Å². The molecule has 0 fully saturated rings. The summed E-state index contributed by atoms with van der Waals surface area (Å²) in [6.45, 7) is 7.73. The summed E-state index contributed by atoms with van der Waals surface area (Å²) in [6, 6.07) is 11.7. The molecule has 1 heterocycles. The van der Waals surface area contributed by atoms with Crippen LogP contribution in [0, 0.1) is 6.92 Å². The van der Waals surface area contributed by atoms with E-state index in [0.29, 0.717) is 17.0 Å². The molecule has 0 spiro atoms. The van der Waals surface area contributed by atoms with Gasteiger partial charge in [-0.05, 0) is 67.1 Å². The minimum absolute atomic E-state index is 0.139. The van der Waals surface area contributed by atoms with Crippen molar-refractivity contribution in [3.05, 3.63) is 63.9 Å². The topological polar surface area (TPSA) is 73.9 Å². The lowest BCUT2D eigenvalue weighted by Crippen LogP contribution is -2.46. The summed E-state index contributed by atoms with van der Waals surface area (Å²) in [6.07, 6.45) is -0.172. The fraction of sp³-hybridized carbons (Fsp3) is 0.360. The number of aryl methyl sites for hydroxylation is 2. The van der Waals surface area contributed by atoms with Crippen molar-refractivity contribution in [2.24, 2.45) is 0 Å². The van der Waals surface area contributed by atoms with Gasteiger partial charge in [0.05, 0.1) is 18.8 Å². The second-order valence-corrected chi connectivity index (χ2v) is 8.33. The average molecular weight is 458 g/mol. The number of rotatable bonds is 7. The average Bonchev–Trinajstić information content (AvgIpc) is 2.97. The van der Waals surface area contributed by atoms with Crippen LogP contribution in [0.4, 0.5) is 4.79 Å². The molecule has 0 radical (unpaired) electrons. The minimum Gasteiger partial charge on any atom is -0.434 e. The van der Waals surface area contributed by atoms with Crippen molar-refractivity contribution in [2.75, 3.05) is 20.3 Å². The smallest absolute Gasteiger partial charge is 0.434 e. The monoisotopic (exact) mass is 457 g/mol. The zero-order valence-electron chi connectivity index (χ0n) is 19.0. The summed E-state index contributed by atoms with van der Waals surface area (Å²) < 4.78 is 15.9. The van der Waals surface area contributed by atoms with Gasteiger partial charge in [0.1, 0.15) is 5.54 Å². The van der Waals surface area contributed by atoms with Crippen molar-refractivity contribution in [3.63, 3.8) is 0 Å². The highest BCUT2D eigenvalue weighted by Crippen LogP contribution is 2.39. The predicted molar refractivity (Wildman–Crippen MR) is 124 cm³/mol. The molecule has 0 saturated heterocycles. The van der Waals surface area contributed by atoms with Crippen LogP contribution in [-0.2, 0) is 25.4 Å². The Hall–Kier alpha value is -2.83. The van der Waals surface area contributed by atoms with E-state index in [1.165, 1.54) is 7.11 Å². The molecule has 1 atom stereocenters. The third-order valence-corrected chi connectivity index (χ3v) is 5.70. The molecule has 0 bridgehead atoms. The maximum absolute atomic E-state index is 13.2. The predicted octanol–water partition coefficient (Wildman–Crippen LogP) is 5.30. The highest BCUT2D eigenvalue weighted by molar-refractivity contribution is 6.30. The first-order valence-corrected chi connectivity index (χ1v) is 10.9. The molecule has 1 unspecified atom stereocenters. The summed E-state index contributed by atoms with van der Waals surface area (Å²) in [5.41, 5.74) is 3.98. The van der Waals surface area contributed by atoms with Gasteiger partial charge in [0.2, 0.25) is 0 Å². The van der Waals surface area contributed by atoms with E-state index in [4.69, 9.17) is 25.8 Å². The Bertz CT molecular complexity index is 1060. The van der Waals surface area contributed by atoms with E-state index in [1.54, 1.807) is 13.8 Å². The summed E-state index contributed by atoms with van der Waals surface area (Å²) in [5.74, 6) is -0.110. The van der Waals surface area contributed by atoms with Crippen LogP contribution in [0.15, 0.2) is 42.2 Å². The van der Waals surface area contributed by atoms with Gasteiger partial charge >= 0.3 is 6.16 Å². The van der Waals surface area contributed by atoms with Gasteiger partial charge in [-0.15, -0.1) is 0 Å². The van der Waals surface area contributed by atoms with Crippen LogP contribution in [0.1, 0.15) is 37.5 Å². The first kappa shape index (κ1) is 23.8. The zero-order valence-corrected chi connectivity index (χ0v) is 19.8. The van der Waals surface area contributed by atoms with Gasteiger partial charge in [0.15, 0.2) is 5.76 Å². The number of hydrogen-bond donors (Lipinski definition) is 1. The molecular formula is C25H28ClNO5. The second kappa shape index (κ2) is 9.76. The molecule has 6 nitrogen and oxygen atoms in total. The first-order valence-electron chi connectivity index (χ1n) is 10.5. The van der Waals surface area contributed by atoms with Gasteiger partial charge in [-0.2, -0.15) is 0 Å². The molecule has 2 aromatic rings. The van der Waals surface area contributed by atoms with Crippen molar-refractivity contribution < 1.29 is 23.8 Å². The van der Waals surface area contributed by atoms with Crippen LogP contribution < -0.4 is 5.32 Å². The Kier molecular flexibility index (Phi) is 7.26. The number of amides is 1. The number of carbonyl (C=O) groups excluding carboxylic acids is 2. The minimum atomic E-state index is -1.000. The molecule has 0 aromatic heterocycles.